The molecule has 0 aliphatic rings. The van der Waals surface area contributed by atoms with Gasteiger partial charge in [0.25, 0.3) is 0 Å². The molecular formula is C15H19NO2. The predicted molar refractivity (Wildman–Crippen MR) is 73.2 cm³/mol. The van der Waals surface area contributed by atoms with E-state index in [2.05, 4.69) is 18.5 Å². The molecule has 1 aromatic rings. The summed E-state index contributed by atoms with van der Waals surface area (Å²) < 4.78 is 5.12. The van der Waals surface area contributed by atoms with E-state index in [4.69, 9.17) is 4.74 Å². The maximum Gasteiger partial charge on any atom is 0.407 e. The van der Waals surface area contributed by atoms with Gasteiger partial charge < -0.3 is 10.1 Å². The van der Waals surface area contributed by atoms with E-state index in [1.54, 1.807) is 6.08 Å². The van der Waals surface area contributed by atoms with Gasteiger partial charge in [-0.1, -0.05) is 42.5 Å². The summed E-state index contributed by atoms with van der Waals surface area (Å²) in [5, 5.41) is 2.74. The average molecular weight is 245 g/mol. The second-order valence-corrected chi connectivity index (χ2v) is 3.91. The van der Waals surface area contributed by atoms with Crippen LogP contribution in [0, 0.1) is 0 Å². The highest BCUT2D eigenvalue weighted by Crippen LogP contribution is 2.02. The number of ether oxygens (including phenoxy) is 1. The molecule has 0 unspecified atom stereocenters. The van der Waals surface area contributed by atoms with E-state index in [-0.39, 0.29) is 12.6 Å². The van der Waals surface area contributed by atoms with Crippen molar-refractivity contribution < 1.29 is 9.53 Å². The predicted octanol–water partition coefficient (Wildman–Crippen LogP) is 3.43. The molecule has 0 aliphatic carbocycles. The van der Waals surface area contributed by atoms with Crippen LogP contribution in [0.3, 0.4) is 0 Å². The van der Waals surface area contributed by atoms with Crippen LogP contribution in [-0.4, -0.2) is 12.1 Å². The molecule has 0 aliphatic heterocycles. The minimum atomic E-state index is -0.423. The molecule has 18 heavy (non-hydrogen) atoms. The van der Waals surface area contributed by atoms with Crippen molar-refractivity contribution in [2.24, 2.45) is 0 Å². The highest BCUT2D eigenvalue weighted by atomic mass is 16.5. The van der Waals surface area contributed by atoms with Gasteiger partial charge in [-0.25, -0.2) is 4.79 Å². The highest BCUT2D eigenvalue weighted by molar-refractivity contribution is 5.67. The molecule has 0 saturated carbocycles. The summed E-state index contributed by atoms with van der Waals surface area (Å²) >= 11 is 0. The Balaban J connectivity index is 2.32. The van der Waals surface area contributed by atoms with E-state index in [0.29, 0.717) is 0 Å². The summed E-state index contributed by atoms with van der Waals surface area (Å²) in [4.78, 5) is 11.5. The Morgan fingerprint density at radius 3 is 2.67 bits per heavy atom. The number of hydrogen-bond donors (Lipinski definition) is 1. The van der Waals surface area contributed by atoms with Gasteiger partial charge in [0.1, 0.15) is 6.61 Å². The first-order valence-electron chi connectivity index (χ1n) is 5.97. The van der Waals surface area contributed by atoms with Crippen LogP contribution in [0.2, 0.25) is 0 Å². The molecule has 96 valence electrons. The van der Waals surface area contributed by atoms with Gasteiger partial charge in [-0.05, 0) is 18.4 Å². The van der Waals surface area contributed by atoms with Gasteiger partial charge in [0.2, 0.25) is 0 Å². The van der Waals surface area contributed by atoms with Crippen molar-refractivity contribution in [3.63, 3.8) is 0 Å². The normalized spacial score (nSPS) is 11.3. The largest absolute Gasteiger partial charge is 0.445 e. The van der Waals surface area contributed by atoms with Gasteiger partial charge in [0.15, 0.2) is 0 Å². The molecule has 1 N–H and O–H groups in total. The summed E-state index contributed by atoms with van der Waals surface area (Å²) in [6.07, 6.45) is 4.71. The number of nitrogens with one attached hydrogen (secondary N) is 1. The van der Waals surface area contributed by atoms with Crippen LogP contribution in [0.15, 0.2) is 55.6 Å². The highest BCUT2D eigenvalue weighted by Gasteiger charge is 2.08. The number of amides is 1. The van der Waals surface area contributed by atoms with Gasteiger partial charge >= 0.3 is 6.09 Å². The zero-order valence-electron chi connectivity index (χ0n) is 10.5. The number of allylic oxidation sites excluding steroid dienone is 1. The van der Waals surface area contributed by atoms with Crippen LogP contribution in [0.25, 0.3) is 0 Å². The molecule has 0 heterocycles. The Hall–Kier alpha value is -2.03. The molecule has 1 amide bonds. The molecule has 0 aromatic heterocycles. The van der Waals surface area contributed by atoms with Gasteiger partial charge in [-0.2, -0.15) is 0 Å². The Kier molecular flexibility index (Phi) is 6.33. The lowest BCUT2D eigenvalue weighted by molar-refractivity contribution is 0.137. The van der Waals surface area contributed by atoms with Crippen LogP contribution >= 0.6 is 0 Å². The number of carbonyl (C=O) groups excluding carboxylic acids is 1. The molecule has 3 nitrogen and oxygen atoms in total. The van der Waals surface area contributed by atoms with Gasteiger partial charge in [0.05, 0.1) is 6.04 Å². The average Bonchev–Trinajstić information content (AvgIpc) is 2.42. The van der Waals surface area contributed by atoms with E-state index >= 15 is 0 Å². The lowest BCUT2D eigenvalue weighted by Crippen LogP contribution is -2.33. The van der Waals surface area contributed by atoms with E-state index < -0.39 is 6.09 Å². The minimum Gasteiger partial charge on any atom is -0.445 e. The van der Waals surface area contributed by atoms with Crippen LogP contribution < -0.4 is 5.32 Å². The zero-order valence-corrected chi connectivity index (χ0v) is 10.5. The number of hydrogen-bond acceptors (Lipinski definition) is 2. The maximum atomic E-state index is 11.5. The van der Waals surface area contributed by atoms with Gasteiger partial charge in [-0.3, -0.25) is 0 Å². The quantitative estimate of drug-likeness (QED) is 0.747. The van der Waals surface area contributed by atoms with Crippen molar-refractivity contribution in [2.75, 3.05) is 0 Å². The number of alkyl carbamates (subject to hydrolysis) is 1. The van der Waals surface area contributed by atoms with Crippen LogP contribution in [0.4, 0.5) is 4.79 Å². The fourth-order valence-electron chi connectivity index (χ4n) is 1.46. The summed E-state index contributed by atoms with van der Waals surface area (Å²) in [6.45, 7) is 7.60. The maximum absolute atomic E-state index is 11.5. The van der Waals surface area contributed by atoms with E-state index in [9.17, 15) is 4.79 Å². The molecule has 1 atom stereocenters. The van der Waals surface area contributed by atoms with Crippen molar-refractivity contribution >= 4 is 6.09 Å². The molecule has 3 heteroatoms. The molecule has 0 radical (unpaired) electrons. The lowest BCUT2D eigenvalue weighted by Gasteiger charge is -2.13. The first-order chi connectivity index (χ1) is 8.76. The van der Waals surface area contributed by atoms with Crippen molar-refractivity contribution in [1.82, 2.24) is 5.32 Å². The third kappa shape index (κ3) is 5.34. The monoisotopic (exact) mass is 245 g/mol. The fourth-order valence-corrected chi connectivity index (χ4v) is 1.46. The van der Waals surface area contributed by atoms with Gasteiger partial charge in [0, 0.05) is 0 Å². The molecule has 0 fully saturated rings. The Labute approximate surface area is 108 Å². The molecular weight excluding hydrogens is 226 g/mol. The molecule has 0 saturated heterocycles. The first-order valence-corrected chi connectivity index (χ1v) is 5.97. The number of rotatable bonds is 7. The smallest absolute Gasteiger partial charge is 0.407 e. The third-order valence-corrected chi connectivity index (χ3v) is 2.48. The Morgan fingerprint density at radius 2 is 2.06 bits per heavy atom. The summed E-state index contributed by atoms with van der Waals surface area (Å²) in [7, 11) is 0. The second kappa shape index (κ2) is 8.12. The topological polar surface area (TPSA) is 38.3 Å². The van der Waals surface area contributed by atoms with E-state index in [1.165, 1.54) is 0 Å². The molecule has 1 rings (SSSR count). The fraction of sp³-hybridized carbons (Fsp3) is 0.267. The minimum absolute atomic E-state index is 0.0775. The van der Waals surface area contributed by atoms with Crippen molar-refractivity contribution in [2.45, 2.75) is 25.5 Å². The zero-order chi connectivity index (χ0) is 13.2. The number of carbonyl (C=O) groups is 1. The van der Waals surface area contributed by atoms with Crippen molar-refractivity contribution in [1.29, 1.82) is 0 Å². The Bertz CT molecular complexity index is 387. The molecule has 0 spiro atoms. The standard InChI is InChI=1S/C15H19NO2/c1-3-5-11-14(4-2)16-15(17)18-12-13-9-7-6-8-10-13/h3-4,6-10,14H,1-2,5,11-12H2,(H,16,17)/t14-/m0/s1. The molecule has 1 aromatic carbocycles. The van der Waals surface area contributed by atoms with Crippen LogP contribution in [-0.2, 0) is 11.3 Å². The molecule has 0 bridgehead atoms. The van der Waals surface area contributed by atoms with Crippen molar-refractivity contribution in [3.05, 3.63) is 61.2 Å². The van der Waals surface area contributed by atoms with Gasteiger partial charge in [-0.15, -0.1) is 13.2 Å². The Morgan fingerprint density at radius 1 is 1.33 bits per heavy atom. The number of benzene rings is 1. The third-order valence-electron chi connectivity index (χ3n) is 2.48. The van der Waals surface area contributed by atoms with Crippen molar-refractivity contribution in [3.8, 4) is 0 Å². The summed E-state index contributed by atoms with van der Waals surface area (Å²) in [5.41, 5.74) is 0.967. The second-order valence-electron chi connectivity index (χ2n) is 3.91. The van der Waals surface area contributed by atoms with Crippen LogP contribution in [0.5, 0.6) is 0 Å². The summed E-state index contributed by atoms with van der Waals surface area (Å²) in [5.74, 6) is 0. The lowest BCUT2D eigenvalue weighted by atomic mass is 10.1. The SMILES string of the molecule is C=CCC[C@H](C=C)NC(=O)OCc1ccccc1. The summed E-state index contributed by atoms with van der Waals surface area (Å²) in [6, 6.07) is 9.49. The first kappa shape index (κ1) is 14.0. The van der Waals surface area contributed by atoms with E-state index in [0.717, 1.165) is 18.4 Å². The van der Waals surface area contributed by atoms with Crippen LogP contribution in [0.1, 0.15) is 18.4 Å². The van der Waals surface area contributed by atoms with E-state index in [1.807, 2.05) is 36.4 Å².